The number of halogens is 1. The summed E-state index contributed by atoms with van der Waals surface area (Å²) in [6, 6.07) is 8.71. The summed E-state index contributed by atoms with van der Waals surface area (Å²) in [5.41, 5.74) is 2.37. The van der Waals surface area contributed by atoms with Gasteiger partial charge in [0.15, 0.2) is 0 Å². The van der Waals surface area contributed by atoms with E-state index < -0.39 is 0 Å². The predicted octanol–water partition coefficient (Wildman–Crippen LogP) is 3.43. The van der Waals surface area contributed by atoms with Crippen molar-refractivity contribution in [2.45, 2.75) is 62.1 Å². The molecule has 0 aromatic heterocycles. The van der Waals surface area contributed by atoms with Crippen molar-refractivity contribution < 1.29 is 14.3 Å². The van der Waals surface area contributed by atoms with E-state index in [1.807, 2.05) is 6.08 Å². The van der Waals surface area contributed by atoms with Gasteiger partial charge in [0.1, 0.15) is 6.61 Å². The van der Waals surface area contributed by atoms with Gasteiger partial charge in [-0.15, -0.1) is 12.4 Å². The van der Waals surface area contributed by atoms with Crippen molar-refractivity contribution in [2.75, 3.05) is 26.4 Å². The SMILES string of the molecule is C=Cc1ccccc1C1CCC(OC[C@@H]2NCCC[C@@]23COCC(=O)N3)CC1.Cl. The molecule has 1 aromatic carbocycles. The van der Waals surface area contributed by atoms with E-state index in [0.29, 0.717) is 25.2 Å². The molecule has 1 spiro atoms. The predicted molar refractivity (Wildman–Crippen MR) is 117 cm³/mol. The van der Waals surface area contributed by atoms with Crippen LogP contribution in [0.2, 0.25) is 0 Å². The maximum atomic E-state index is 11.9. The molecule has 2 N–H and O–H groups in total. The van der Waals surface area contributed by atoms with Gasteiger partial charge in [0, 0.05) is 0 Å². The molecule has 0 radical (unpaired) electrons. The lowest BCUT2D eigenvalue weighted by Gasteiger charge is -2.47. The molecule has 4 rings (SSSR count). The molecule has 2 saturated heterocycles. The van der Waals surface area contributed by atoms with E-state index >= 15 is 0 Å². The number of ether oxygens (including phenoxy) is 2. The van der Waals surface area contributed by atoms with E-state index in [1.54, 1.807) is 0 Å². The first-order valence-electron chi connectivity index (χ1n) is 10.7. The van der Waals surface area contributed by atoms with Gasteiger partial charge in [-0.1, -0.05) is 36.9 Å². The minimum absolute atomic E-state index is 0. The van der Waals surface area contributed by atoms with E-state index in [0.717, 1.165) is 45.1 Å². The Hall–Kier alpha value is -1.40. The highest BCUT2D eigenvalue weighted by Gasteiger charge is 2.44. The van der Waals surface area contributed by atoms with Gasteiger partial charge < -0.3 is 20.1 Å². The zero-order valence-electron chi connectivity index (χ0n) is 17.0. The average Bonchev–Trinajstić information content (AvgIpc) is 2.73. The van der Waals surface area contributed by atoms with Crippen molar-refractivity contribution in [1.29, 1.82) is 0 Å². The number of piperidine rings is 1. The lowest BCUT2D eigenvalue weighted by atomic mass is 9.80. The molecule has 160 valence electrons. The summed E-state index contributed by atoms with van der Waals surface area (Å²) in [6.07, 6.45) is 8.73. The van der Waals surface area contributed by atoms with Crippen LogP contribution in [0.1, 0.15) is 55.6 Å². The van der Waals surface area contributed by atoms with Crippen LogP contribution in [0.15, 0.2) is 30.8 Å². The molecule has 1 aromatic rings. The molecule has 3 aliphatic rings. The average molecular weight is 421 g/mol. The summed E-state index contributed by atoms with van der Waals surface area (Å²) in [7, 11) is 0. The van der Waals surface area contributed by atoms with Crippen LogP contribution < -0.4 is 10.6 Å². The third kappa shape index (κ3) is 5.02. The van der Waals surface area contributed by atoms with E-state index in [2.05, 4.69) is 41.5 Å². The molecule has 6 heteroatoms. The monoisotopic (exact) mass is 420 g/mol. The lowest BCUT2D eigenvalue weighted by Crippen LogP contribution is -2.70. The molecule has 3 fully saturated rings. The van der Waals surface area contributed by atoms with E-state index in [9.17, 15) is 4.79 Å². The smallest absolute Gasteiger partial charge is 0.246 e. The standard InChI is InChI=1S/C23H32N2O3.ClH/c1-2-17-6-3-4-7-20(17)18-8-10-19(11-9-18)28-14-21-23(12-5-13-24-21)16-27-15-22(26)25-23;/h2-4,6-7,18-19,21,24H,1,5,8-16H2,(H,25,26);1H/t18?,19?,21-,23+;/m0./s1. The third-order valence-electron chi connectivity index (χ3n) is 6.67. The Morgan fingerprint density at radius 2 is 2.03 bits per heavy atom. The highest BCUT2D eigenvalue weighted by atomic mass is 35.5. The van der Waals surface area contributed by atoms with Crippen molar-refractivity contribution in [3.8, 4) is 0 Å². The number of morpholine rings is 1. The Morgan fingerprint density at radius 1 is 1.24 bits per heavy atom. The molecule has 5 nitrogen and oxygen atoms in total. The van der Waals surface area contributed by atoms with Crippen LogP contribution >= 0.6 is 12.4 Å². The topological polar surface area (TPSA) is 59.6 Å². The second kappa shape index (κ2) is 10.1. The molecule has 29 heavy (non-hydrogen) atoms. The highest BCUT2D eigenvalue weighted by molar-refractivity contribution is 5.85. The molecule has 1 amide bonds. The van der Waals surface area contributed by atoms with Crippen molar-refractivity contribution in [1.82, 2.24) is 10.6 Å². The quantitative estimate of drug-likeness (QED) is 0.766. The summed E-state index contributed by atoms with van der Waals surface area (Å²) >= 11 is 0. The van der Waals surface area contributed by atoms with Crippen LogP contribution in [-0.2, 0) is 14.3 Å². The largest absolute Gasteiger partial charge is 0.377 e. The second-order valence-electron chi connectivity index (χ2n) is 8.45. The molecule has 2 atom stereocenters. The van der Waals surface area contributed by atoms with Crippen LogP contribution in [0.25, 0.3) is 6.08 Å². The maximum Gasteiger partial charge on any atom is 0.246 e. The maximum absolute atomic E-state index is 11.9. The normalized spacial score (nSPS) is 32.3. The fourth-order valence-corrected chi connectivity index (χ4v) is 5.11. The third-order valence-corrected chi connectivity index (χ3v) is 6.67. The van der Waals surface area contributed by atoms with E-state index in [1.165, 1.54) is 11.1 Å². The second-order valence-corrected chi connectivity index (χ2v) is 8.45. The molecule has 0 unspecified atom stereocenters. The lowest BCUT2D eigenvalue weighted by molar-refractivity contribution is -0.139. The van der Waals surface area contributed by atoms with Gasteiger partial charge in [0.05, 0.1) is 30.9 Å². The first-order chi connectivity index (χ1) is 13.7. The fraction of sp³-hybridized carbons (Fsp3) is 0.609. The van der Waals surface area contributed by atoms with Gasteiger partial charge in [-0.3, -0.25) is 4.79 Å². The van der Waals surface area contributed by atoms with Crippen molar-refractivity contribution in [2.24, 2.45) is 0 Å². The van der Waals surface area contributed by atoms with Crippen molar-refractivity contribution in [3.05, 3.63) is 42.0 Å². The molecular formula is C23H33ClN2O3. The van der Waals surface area contributed by atoms with E-state index in [4.69, 9.17) is 9.47 Å². The minimum Gasteiger partial charge on any atom is -0.377 e. The van der Waals surface area contributed by atoms with Crippen LogP contribution in [0.3, 0.4) is 0 Å². The first-order valence-corrected chi connectivity index (χ1v) is 10.7. The number of hydrogen-bond donors (Lipinski definition) is 2. The van der Waals surface area contributed by atoms with Gasteiger partial charge in [-0.2, -0.15) is 0 Å². The summed E-state index contributed by atoms with van der Waals surface area (Å²) in [5.74, 6) is 0.584. The Bertz CT molecular complexity index is 701. The molecule has 2 aliphatic heterocycles. The number of carbonyl (C=O) groups is 1. The van der Waals surface area contributed by atoms with Crippen molar-refractivity contribution >= 4 is 24.4 Å². The number of carbonyl (C=O) groups excluding carboxylic acids is 1. The number of hydrogen-bond acceptors (Lipinski definition) is 4. The molecule has 1 aliphatic carbocycles. The highest BCUT2D eigenvalue weighted by Crippen LogP contribution is 2.36. The summed E-state index contributed by atoms with van der Waals surface area (Å²) < 4.78 is 11.9. The van der Waals surface area contributed by atoms with Crippen LogP contribution in [-0.4, -0.2) is 50.0 Å². The van der Waals surface area contributed by atoms with Gasteiger partial charge in [0.2, 0.25) is 5.91 Å². The summed E-state index contributed by atoms with van der Waals surface area (Å²) in [5, 5.41) is 6.75. The Balaban J connectivity index is 0.00000240. The van der Waals surface area contributed by atoms with E-state index in [-0.39, 0.29) is 36.5 Å². The Labute approximate surface area is 180 Å². The minimum atomic E-state index is -0.312. The fourth-order valence-electron chi connectivity index (χ4n) is 5.11. The molecular weight excluding hydrogens is 388 g/mol. The molecule has 2 heterocycles. The van der Waals surface area contributed by atoms with Crippen LogP contribution in [0, 0.1) is 0 Å². The van der Waals surface area contributed by atoms with Crippen LogP contribution in [0.4, 0.5) is 0 Å². The first kappa shape index (κ1) is 22.3. The van der Waals surface area contributed by atoms with Gasteiger partial charge in [-0.05, 0) is 62.1 Å². The van der Waals surface area contributed by atoms with Gasteiger partial charge in [0.25, 0.3) is 0 Å². The zero-order chi connectivity index (χ0) is 19.4. The number of amides is 1. The summed E-state index contributed by atoms with van der Waals surface area (Å²) in [4.78, 5) is 11.9. The number of benzene rings is 1. The molecule has 1 saturated carbocycles. The molecule has 0 bridgehead atoms. The van der Waals surface area contributed by atoms with Gasteiger partial charge in [-0.25, -0.2) is 0 Å². The number of rotatable bonds is 5. The van der Waals surface area contributed by atoms with Crippen LogP contribution in [0.5, 0.6) is 0 Å². The number of nitrogens with one attached hydrogen (secondary N) is 2. The van der Waals surface area contributed by atoms with Gasteiger partial charge >= 0.3 is 0 Å². The zero-order valence-corrected chi connectivity index (χ0v) is 17.8. The Kier molecular flexibility index (Phi) is 7.74. The Morgan fingerprint density at radius 3 is 2.79 bits per heavy atom. The van der Waals surface area contributed by atoms with Crippen molar-refractivity contribution in [3.63, 3.8) is 0 Å². The summed E-state index contributed by atoms with van der Waals surface area (Å²) in [6.45, 7) is 6.30.